The maximum absolute atomic E-state index is 10.3. The maximum Gasteiger partial charge on any atom is 0.306 e. The molecular formula is C7H8O3. The third-order valence-corrected chi connectivity index (χ3v) is 1.78. The number of carboxylic acid groups (broad SMARTS) is 1. The monoisotopic (exact) mass is 140 g/mol. The van der Waals surface area contributed by atoms with Crippen molar-refractivity contribution in [1.29, 1.82) is 0 Å². The van der Waals surface area contributed by atoms with Gasteiger partial charge in [0.05, 0.1) is 5.92 Å². The van der Waals surface area contributed by atoms with Crippen LogP contribution in [0.3, 0.4) is 0 Å². The topological polar surface area (TPSA) is 54.4 Å². The van der Waals surface area contributed by atoms with Gasteiger partial charge in [-0.25, -0.2) is 4.79 Å². The van der Waals surface area contributed by atoms with E-state index in [-0.39, 0.29) is 5.92 Å². The lowest BCUT2D eigenvalue weighted by molar-refractivity contribution is -0.141. The summed E-state index contributed by atoms with van der Waals surface area (Å²) in [5.41, 5.74) is 0.618. The van der Waals surface area contributed by atoms with E-state index < -0.39 is 5.97 Å². The molecule has 1 aliphatic carbocycles. The summed E-state index contributed by atoms with van der Waals surface area (Å²) in [6.07, 6.45) is 1.61. The van der Waals surface area contributed by atoms with Crippen LogP contribution in [0.1, 0.15) is 19.3 Å². The molecular weight excluding hydrogens is 132 g/mol. The van der Waals surface area contributed by atoms with Crippen LogP contribution in [0.25, 0.3) is 0 Å². The van der Waals surface area contributed by atoms with Crippen molar-refractivity contribution >= 4 is 11.9 Å². The minimum Gasteiger partial charge on any atom is -0.481 e. The Morgan fingerprint density at radius 1 is 1.70 bits per heavy atom. The molecule has 0 aromatic rings. The number of aliphatic carboxylic acids is 1. The Bertz CT molecular complexity index is 201. The summed E-state index contributed by atoms with van der Waals surface area (Å²) in [6, 6.07) is 0. The molecule has 0 spiro atoms. The molecule has 0 aliphatic heterocycles. The average Bonchev–Trinajstić information content (AvgIpc) is 2.34. The summed E-state index contributed by atoms with van der Waals surface area (Å²) >= 11 is 0. The highest BCUT2D eigenvalue weighted by Gasteiger charge is 2.25. The first kappa shape index (κ1) is 7.03. The van der Waals surface area contributed by atoms with Gasteiger partial charge in [-0.15, -0.1) is 0 Å². The smallest absolute Gasteiger partial charge is 0.306 e. The summed E-state index contributed by atoms with van der Waals surface area (Å²) in [7, 11) is 0. The Morgan fingerprint density at radius 3 is 2.70 bits per heavy atom. The molecule has 10 heavy (non-hydrogen) atoms. The zero-order chi connectivity index (χ0) is 7.56. The van der Waals surface area contributed by atoms with Crippen LogP contribution < -0.4 is 0 Å². The maximum atomic E-state index is 10.3. The molecule has 0 bridgehead atoms. The van der Waals surface area contributed by atoms with Crippen LogP contribution in [0.15, 0.2) is 5.57 Å². The summed E-state index contributed by atoms with van der Waals surface area (Å²) in [6.45, 7) is 0. The van der Waals surface area contributed by atoms with E-state index in [1.54, 1.807) is 5.94 Å². The van der Waals surface area contributed by atoms with Crippen molar-refractivity contribution in [1.82, 2.24) is 0 Å². The molecule has 1 aliphatic rings. The molecule has 3 nitrogen and oxygen atoms in total. The first-order valence-electron chi connectivity index (χ1n) is 3.19. The molecule has 3 heteroatoms. The molecule has 1 rings (SSSR count). The van der Waals surface area contributed by atoms with Crippen molar-refractivity contribution < 1.29 is 14.7 Å². The third-order valence-electron chi connectivity index (χ3n) is 1.78. The Balaban J connectivity index is 2.59. The number of rotatable bonds is 1. The van der Waals surface area contributed by atoms with Crippen LogP contribution in [0.5, 0.6) is 0 Å². The van der Waals surface area contributed by atoms with Crippen molar-refractivity contribution in [3.63, 3.8) is 0 Å². The third kappa shape index (κ3) is 1.25. The van der Waals surface area contributed by atoms with Crippen molar-refractivity contribution in [3.8, 4) is 0 Å². The molecule has 0 aromatic heterocycles. The summed E-state index contributed by atoms with van der Waals surface area (Å²) < 4.78 is 0. The lowest BCUT2D eigenvalue weighted by Crippen LogP contribution is -2.08. The van der Waals surface area contributed by atoms with Crippen LogP contribution in [0.4, 0.5) is 0 Å². The summed E-state index contributed by atoms with van der Waals surface area (Å²) in [5.74, 6) is 0.615. The van der Waals surface area contributed by atoms with E-state index in [1.165, 1.54) is 0 Å². The highest BCUT2D eigenvalue weighted by Crippen LogP contribution is 2.28. The second kappa shape index (κ2) is 2.67. The Kier molecular flexibility index (Phi) is 1.88. The summed E-state index contributed by atoms with van der Waals surface area (Å²) in [4.78, 5) is 20.3. The van der Waals surface area contributed by atoms with Gasteiger partial charge in [0.15, 0.2) is 0 Å². The van der Waals surface area contributed by atoms with Crippen molar-refractivity contribution in [2.45, 2.75) is 19.3 Å². The molecule has 1 N–H and O–H groups in total. The zero-order valence-electron chi connectivity index (χ0n) is 5.46. The molecule has 54 valence electrons. The molecule has 1 atom stereocenters. The van der Waals surface area contributed by atoms with Crippen LogP contribution in [-0.2, 0) is 9.59 Å². The van der Waals surface area contributed by atoms with E-state index in [1.807, 2.05) is 0 Å². The molecule has 0 radical (unpaired) electrons. The van der Waals surface area contributed by atoms with Gasteiger partial charge in [0.25, 0.3) is 0 Å². The number of carbonyl (C=O) groups is 1. The fourth-order valence-corrected chi connectivity index (χ4v) is 1.15. The first-order valence-corrected chi connectivity index (χ1v) is 3.19. The van der Waals surface area contributed by atoms with Gasteiger partial charge in [-0.1, -0.05) is 0 Å². The molecule has 0 heterocycles. The highest BCUT2D eigenvalue weighted by atomic mass is 16.4. The number of hydrogen-bond acceptors (Lipinski definition) is 2. The second-order valence-electron chi connectivity index (χ2n) is 2.48. The molecule has 0 saturated heterocycles. The molecule has 0 amide bonds. The van der Waals surface area contributed by atoms with Gasteiger partial charge in [-0.2, -0.15) is 0 Å². The average molecular weight is 140 g/mol. The van der Waals surface area contributed by atoms with E-state index in [9.17, 15) is 9.59 Å². The number of carbonyl (C=O) groups excluding carboxylic acids is 1. The van der Waals surface area contributed by atoms with Crippen molar-refractivity contribution in [2.24, 2.45) is 5.92 Å². The van der Waals surface area contributed by atoms with E-state index in [0.717, 1.165) is 0 Å². The van der Waals surface area contributed by atoms with Gasteiger partial charge in [-0.05, 0) is 19.3 Å². The van der Waals surface area contributed by atoms with Crippen LogP contribution in [0.2, 0.25) is 0 Å². The van der Waals surface area contributed by atoms with E-state index >= 15 is 0 Å². The van der Waals surface area contributed by atoms with Gasteiger partial charge in [-0.3, -0.25) is 4.79 Å². The van der Waals surface area contributed by atoms with Crippen LogP contribution in [0, 0.1) is 5.92 Å². The van der Waals surface area contributed by atoms with E-state index in [4.69, 9.17) is 5.11 Å². The highest BCUT2D eigenvalue weighted by molar-refractivity contribution is 5.72. The SMILES string of the molecule is O=C=C1CCC(C(=O)O)C1. The van der Waals surface area contributed by atoms with Gasteiger partial charge in [0.1, 0.15) is 5.94 Å². The number of hydrogen-bond donors (Lipinski definition) is 1. The first-order chi connectivity index (χ1) is 4.74. The van der Waals surface area contributed by atoms with E-state index in [0.29, 0.717) is 24.8 Å². The quantitative estimate of drug-likeness (QED) is 0.543. The Hall–Kier alpha value is -1.08. The van der Waals surface area contributed by atoms with Crippen LogP contribution in [-0.4, -0.2) is 17.0 Å². The fraction of sp³-hybridized carbons (Fsp3) is 0.571. The fourth-order valence-electron chi connectivity index (χ4n) is 1.15. The normalized spacial score (nSPS) is 24.4. The Labute approximate surface area is 58.4 Å². The summed E-state index contributed by atoms with van der Waals surface area (Å²) in [5, 5.41) is 8.48. The number of carboxylic acids is 1. The second-order valence-corrected chi connectivity index (χ2v) is 2.48. The lowest BCUT2D eigenvalue weighted by atomic mass is 10.1. The zero-order valence-corrected chi connectivity index (χ0v) is 5.46. The Morgan fingerprint density at radius 2 is 2.40 bits per heavy atom. The standard InChI is InChI=1S/C7H8O3/c8-4-5-1-2-6(3-5)7(9)10/h6H,1-3H2,(H,9,10). The molecule has 1 fully saturated rings. The largest absolute Gasteiger partial charge is 0.481 e. The number of allylic oxidation sites excluding steroid dienone is 1. The van der Waals surface area contributed by atoms with Crippen molar-refractivity contribution in [2.75, 3.05) is 0 Å². The van der Waals surface area contributed by atoms with Gasteiger partial charge in [0, 0.05) is 5.57 Å². The lowest BCUT2D eigenvalue weighted by Gasteiger charge is -1.96. The molecule has 0 aromatic carbocycles. The van der Waals surface area contributed by atoms with Crippen LogP contribution >= 0.6 is 0 Å². The predicted molar refractivity (Wildman–Crippen MR) is 34.2 cm³/mol. The minimum absolute atomic E-state index is 0.337. The molecule has 1 saturated carbocycles. The van der Waals surface area contributed by atoms with Crippen molar-refractivity contribution in [3.05, 3.63) is 5.57 Å². The molecule has 1 unspecified atom stereocenters. The van der Waals surface area contributed by atoms with Gasteiger partial charge < -0.3 is 5.11 Å². The van der Waals surface area contributed by atoms with Gasteiger partial charge >= 0.3 is 5.97 Å². The minimum atomic E-state index is -0.801. The van der Waals surface area contributed by atoms with Gasteiger partial charge in [0.2, 0.25) is 0 Å². The predicted octanol–water partition coefficient (Wildman–Crippen LogP) is 0.629. The van der Waals surface area contributed by atoms with E-state index in [2.05, 4.69) is 0 Å².